The highest BCUT2D eigenvalue weighted by Gasteiger charge is 2.21. The highest BCUT2D eigenvalue weighted by Crippen LogP contribution is 2.37. The van der Waals surface area contributed by atoms with Crippen molar-refractivity contribution in [2.24, 2.45) is 4.99 Å². The van der Waals surface area contributed by atoms with E-state index < -0.39 is 33.3 Å². The number of fused-ring (bicyclic) bond motifs is 2. The van der Waals surface area contributed by atoms with Crippen molar-refractivity contribution in [2.45, 2.75) is 17.9 Å². The van der Waals surface area contributed by atoms with Gasteiger partial charge >= 0.3 is 5.97 Å². The maximum atomic E-state index is 13.1. The Kier molecular flexibility index (Phi) is 5.98. The van der Waals surface area contributed by atoms with Crippen molar-refractivity contribution >= 4 is 43.3 Å². The Morgan fingerprint density at radius 1 is 1.19 bits per heavy atom. The van der Waals surface area contributed by atoms with Gasteiger partial charge in [-0.05, 0) is 24.3 Å². The third kappa shape index (κ3) is 4.50. The van der Waals surface area contributed by atoms with Gasteiger partial charge < -0.3 is 18.8 Å². The number of carbonyl (C=O) groups is 2. The summed E-state index contributed by atoms with van der Waals surface area (Å²) in [5, 5.41) is 0. The number of thiazole rings is 1. The number of sulfone groups is 1. The number of benzene rings is 2. The van der Waals surface area contributed by atoms with Gasteiger partial charge in [-0.1, -0.05) is 11.3 Å². The lowest BCUT2D eigenvalue weighted by Crippen LogP contribution is -2.22. The minimum absolute atomic E-state index is 0.0199. The molecule has 0 N–H and O–H groups in total. The first kappa shape index (κ1) is 22.0. The molecule has 1 aromatic heterocycles. The van der Waals surface area contributed by atoms with Crippen LogP contribution in [0.5, 0.6) is 11.5 Å². The second kappa shape index (κ2) is 8.71. The zero-order valence-electron chi connectivity index (χ0n) is 16.7. The van der Waals surface area contributed by atoms with E-state index in [9.17, 15) is 22.4 Å². The Labute approximate surface area is 185 Å². The minimum atomic E-state index is -4.01. The van der Waals surface area contributed by atoms with Gasteiger partial charge in [-0.25, -0.2) is 12.8 Å². The van der Waals surface area contributed by atoms with Crippen LogP contribution in [0.1, 0.15) is 6.42 Å². The largest absolute Gasteiger partial charge is 0.469 e. The van der Waals surface area contributed by atoms with Crippen LogP contribution in [0.4, 0.5) is 4.39 Å². The van der Waals surface area contributed by atoms with Gasteiger partial charge in [0.05, 0.1) is 28.6 Å². The number of halogens is 1. The van der Waals surface area contributed by atoms with Crippen LogP contribution in [0.25, 0.3) is 10.2 Å². The summed E-state index contributed by atoms with van der Waals surface area (Å²) in [5.74, 6) is -1.76. The fraction of sp³-hybridized carbons (Fsp3) is 0.250. The van der Waals surface area contributed by atoms with Crippen molar-refractivity contribution < 1.29 is 36.6 Å². The molecule has 168 valence electrons. The van der Waals surface area contributed by atoms with Gasteiger partial charge in [0, 0.05) is 18.7 Å². The van der Waals surface area contributed by atoms with E-state index >= 15 is 0 Å². The van der Waals surface area contributed by atoms with Crippen molar-refractivity contribution in [1.82, 2.24) is 4.57 Å². The number of hydrogen-bond acceptors (Lipinski definition) is 8. The monoisotopic (exact) mass is 480 g/mol. The zero-order valence-corrected chi connectivity index (χ0v) is 18.4. The molecule has 1 amide bonds. The molecule has 0 saturated carbocycles. The van der Waals surface area contributed by atoms with Crippen molar-refractivity contribution in [3.8, 4) is 11.5 Å². The molecule has 0 saturated heterocycles. The second-order valence-corrected chi connectivity index (χ2v) is 9.75. The van der Waals surface area contributed by atoms with Crippen molar-refractivity contribution in [3.05, 3.63) is 47.0 Å². The Hall–Kier alpha value is -3.25. The maximum Gasteiger partial charge on any atom is 0.307 e. The quantitative estimate of drug-likeness (QED) is 0.392. The van der Waals surface area contributed by atoms with E-state index in [0.29, 0.717) is 21.7 Å². The number of esters is 1. The molecule has 0 atom stereocenters. The minimum Gasteiger partial charge on any atom is -0.469 e. The van der Waals surface area contributed by atoms with Crippen LogP contribution >= 0.6 is 11.3 Å². The molecule has 2 aromatic carbocycles. The molecule has 4 rings (SSSR count). The lowest BCUT2D eigenvalue weighted by Gasteiger charge is -2.05. The van der Waals surface area contributed by atoms with Crippen LogP contribution in [-0.2, 0) is 30.7 Å². The number of hydrogen-bond donors (Lipinski definition) is 0. The smallest absolute Gasteiger partial charge is 0.307 e. The molecule has 0 spiro atoms. The summed E-state index contributed by atoms with van der Waals surface area (Å²) < 4.78 is 55.9. The number of aromatic nitrogens is 1. The van der Waals surface area contributed by atoms with Crippen LogP contribution in [0, 0.1) is 5.82 Å². The molecule has 0 unspecified atom stereocenters. The van der Waals surface area contributed by atoms with Crippen LogP contribution in [0.2, 0.25) is 0 Å². The molecular weight excluding hydrogens is 463 g/mol. The lowest BCUT2D eigenvalue weighted by molar-refractivity contribution is -0.140. The number of aryl methyl sites for hydroxylation is 1. The Balaban J connectivity index is 1.70. The summed E-state index contributed by atoms with van der Waals surface area (Å²) in [6.07, 6.45) is 0.0199. The molecule has 0 aliphatic carbocycles. The molecular formula is C20H17FN2O7S2. The Bertz CT molecular complexity index is 1380. The van der Waals surface area contributed by atoms with E-state index in [2.05, 4.69) is 9.73 Å². The summed E-state index contributed by atoms with van der Waals surface area (Å²) in [6, 6.07) is 7.64. The van der Waals surface area contributed by atoms with Crippen molar-refractivity contribution in [3.63, 3.8) is 0 Å². The molecule has 0 fully saturated rings. The van der Waals surface area contributed by atoms with Crippen molar-refractivity contribution in [2.75, 3.05) is 19.7 Å². The second-order valence-electron chi connectivity index (χ2n) is 6.75. The third-order valence-corrected chi connectivity index (χ3v) is 7.31. The summed E-state index contributed by atoms with van der Waals surface area (Å²) in [6.45, 7) is 0.245. The summed E-state index contributed by atoms with van der Waals surface area (Å²) in [5.41, 5.74) is 0.649. The van der Waals surface area contributed by atoms with E-state index in [0.717, 1.165) is 35.6 Å². The first-order valence-corrected chi connectivity index (χ1v) is 11.8. The number of rotatable bonds is 6. The van der Waals surface area contributed by atoms with E-state index in [1.807, 2.05) is 0 Å². The van der Waals surface area contributed by atoms with Gasteiger partial charge in [0.25, 0.3) is 5.91 Å². The molecule has 1 aliphatic heterocycles. The number of carbonyl (C=O) groups excluding carboxylic acids is 2. The molecule has 32 heavy (non-hydrogen) atoms. The normalized spacial score (nSPS) is 13.5. The molecule has 12 heteroatoms. The predicted octanol–water partition coefficient (Wildman–Crippen LogP) is 2.03. The predicted molar refractivity (Wildman–Crippen MR) is 112 cm³/mol. The molecule has 0 radical (unpaired) electrons. The standard InChI is InChI=1S/C20H17FN2O7S2/c1-28-19(25)6-7-23-14-8-15-16(30-11-29-15)9-17(14)31-20(23)22-18(24)10-32(26,27)13-4-2-12(21)3-5-13/h2-5,8-9H,6-7,10-11H2,1H3. The van der Waals surface area contributed by atoms with E-state index in [1.165, 1.54) is 7.11 Å². The van der Waals surface area contributed by atoms with E-state index in [-0.39, 0.29) is 29.5 Å². The van der Waals surface area contributed by atoms with Crippen LogP contribution < -0.4 is 14.3 Å². The molecule has 3 aromatic rings. The van der Waals surface area contributed by atoms with Gasteiger partial charge in [-0.2, -0.15) is 4.99 Å². The van der Waals surface area contributed by atoms with Gasteiger partial charge in [0.15, 0.2) is 26.1 Å². The van der Waals surface area contributed by atoms with Gasteiger partial charge in [-0.3, -0.25) is 9.59 Å². The lowest BCUT2D eigenvalue weighted by atomic mass is 10.3. The van der Waals surface area contributed by atoms with Crippen molar-refractivity contribution in [1.29, 1.82) is 0 Å². The topological polar surface area (TPSA) is 113 Å². The summed E-state index contributed by atoms with van der Waals surface area (Å²) in [7, 11) is -2.74. The van der Waals surface area contributed by atoms with Gasteiger partial charge in [0.1, 0.15) is 11.6 Å². The first-order chi connectivity index (χ1) is 15.3. The van der Waals surface area contributed by atoms with Crippen LogP contribution in [-0.4, -0.2) is 44.5 Å². The molecule has 1 aliphatic rings. The molecule has 0 bridgehead atoms. The summed E-state index contributed by atoms with van der Waals surface area (Å²) >= 11 is 1.14. The third-order valence-electron chi connectivity index (χ3n) is 4.65. The summed E-state index contributed by atoms with van der Waals surface area (Å²) in [4.78, 5) is 28.2. The van der Waals surface area contributed by atoms with Gasteiger partial charge in [0.2, 0.25) is 6.79 Å². The SMILES string of the molecule is COC(=O)CCn1c(=NC(=O)CS(=O)(=O)c2ccc(F)cc2)sc2cc3c(cc21)OCO3. The Morgan fingerprint density at radius 3 is 2.56 bits per heavy atom. The van der Waals surface area contributed by atoms with Crippen LogP contribution in [0.15, 0.2) is 46.3 Å². The fourth-order valence-electron chi connectivity index (χ4n) is 3.09. The average molecular weight is 480 g/mol. The number of nitrogens with zero attached hydrogens (tertiary/aromatic N) is 2. The highest BCUT2D eigenvalue weighted by molar-refractivity contribution is 7.92. The number of methoxy groups -OCH3 is 1. The highest BCUT2D eigenvalue weighted by atomic mass is 32.2. The first-order valence-electron chi connectivity index (χ1n) is 9.32. The Morgan fingerprint density at radius 2 is 1.88 bits per heavy atom. The average Bonchev–Trinajstić information content (AvgIpc) is 3.33. The fourth-order valence-corrected chi connectivity index (χ4v) is 5.28. The van der Waals surface area contributed by atoms with Gasteiger partial charge in [-0.15, -0.1) is 0 Å². The molecule has 2 heterocycles. The van der Waals surface area contributed by atoms with Crippen LogP contribution in [0.3, 0.4) is 0 Å². The van der Waals surface area contributed by atoms with E-state index in [4.69, 9.17) is 9.47 Å². The van der Waals surface area contributed by atoms with E-state index in [1.54, 1.807) is 16.7 Å². The number of amides is 1. The molecule has 9 nitrogen and oxygen atoms in total. The number of ether oxygens (including phenoxy) is 3. The maximum absolute atomic E-state index is 13.1. The zero-order chi connectivity index (χ0) is 22.9.